The van der Waals surface area contributed by atoms with Gasteiger partial charge < -0.3 is 11.5 Å². The van der Waals surface area contributed by atoms with Gasteiger partial charge >= 0.3 is 0 Å². The van der Waals surface area contributed by atoms with Gasteiger partial charge in [-0.3, -0.25) is 9.97 Å². The van der Waals surface area contributed by atoms with E-state index in [2.05, 4.69) is 9.97 Å². The van der Waals surface area contributed by atoms with Gasteiger partial charge in [-0.15, -0.1) is 0 Å². The summed E-state index contributed by atoms with van der Waals surface area (Å²) in [5.41, 5.74) is 12.4. The van der Waals surface area contributed by atoms with E-state index >= 15 is 0 Å². The quantitative estimate of drug-likeness (QED) is 0.787. The van der Waals surface area contributed by atoms with Crippen LogP contribution in [0.3, 0.4) is 0 Å². The molecule has 2 heterocycles. The molecule has 0 bridgehead atoms. The van der Waals surface area contributed by atoms with Crippen molar-refractivity contribution in [2.24, 2.45) is 11.5 Å². The summed E-state index contributed by atoms with van der Waals surface area (Å²) in [6.07, 6.45) is 3.48. The fourth-order valence-corrected chi connectivity index (χ4v) is 1.04. The molecule has 0 atom stereocenters. The van der Waals surface area contributed by atoms with Crippen molar-refractivity contribution in [3.05, 3.63) is 60.2 Å². The zero-order valence-electron chi connectivity index (χ0n) is 9.08. The molecular formula is C12H16N4. The third kappa shape index (κ3) is 4.63. The Morgan fingerprint density at radius 1 is 0.750 bits per heavy atom. The van der Waals surface area contributed by atoms with Crippen LogP contribution >= 0.6 is 0 Å². The Bertz CT molecular complexity index is 335. The number of nitrogens with zero attached hydrogens (tertiary/aromatic N) is 2. The Morgan fingerprint density at radius 2 is 1.19 bits per heavy atom. The van der Waals surface area contributed by atoms with Gasteiger partial charge in [0.1, 0.15) is 0 Å². The highest BCUT2D eigenvalue weighted by Crippen LogP contribution is 1.88. The number of hydrogen-bond donors (Lipinski definition) is 2. The molecule has 0 amide bonds. The molecule has 16 heavy (non-hydrogen) atoms. The highest BCUT2D eigenvalue weighted by atomic mass is 14.7. The molecule has 0 radical (unpaired) electrons. The van der Waals surface area contributed by atoms with Crippen molar-refractivity contribution in [2.75, 3.05) is 0 Å². The van der Waals surface area contributed by atoms with Crippen LogP contribution in [-0.4, -0.2) is 9.97 Å². The third-order valence-corrected chi connectivity index (χ3v) is 1.87. The van der Waals surface area contributed by atoms with E-state index in [4.69, 9.17) is 11.5 Å². The minimum atomic E-state index is 0.529. The van der Waals surface area contributed by atoms with Crippen LogP contribution in [0.25, 0.3) is 0 Å². The largest absolute Gasteiger partial charge is 0.325 e. The van der Waals surface area contributed by atoms with E-state index in [1.54, 1.807) is 12.4 Å². The van der Waals surface area contributed by atoms with E-state index in [9.17, 15) is 0 Å². The molecular weight excluding hydrogens is 200 g/mol. The second-order valence-electron chi connectivity index (χ2n) is 3.05. The van der Waals surface area contributed by atoms with Crippen LogP contribution < -0.4 is 11.5 Å². The zero-order chi connectivity index (χ0) is 11.6. The maximum Gasteiger partial charge on any atom is 0.0539 e. The van der Waals surface area contributed by atoms with Gasteiger partial charge in [0.15, 0.2) is 0 Å². The second-order valence-corrected chi connectivity index (χ2v) is 3.05. The zero-order valence-corrected chi connectivity index (χ0v) is 9.08. The van der Waals surface area contributed by atoms with Crippen LogP contribution in [0.5, 0.6) is 0 Å². The van der Waals surface area contributed by atoms with Crippen molar-refractivity contribution in [1.29, 1.82) is 0 Å². The van der Waals surface area contributed by atoms with Crippen LogP contribution in [0, 0.1) is 0 Å². The number of hydrogen-bond acceptors (Lipinski definition) is 4. The molecule has 0 saturated carbocycles. The lowest BCUT2D eigenvalue weighted by molar-refractivity contribution is 0.991. The average Bonchev–Trinajstić information content (AvgIpc) is 2.41. The molecule has 0 fully saturated rings. The molecule has 0 aliphatic carbocycles. The lowest BCUT2D eigenvalue weighted by atomic mass is 10.4. The maximum absolute atomic E-state index is 5.29. The van der Waals surface area contributed by atoms with Crippen molar-refractivity contribution >= 4 is 0 Å². The Kier molecular flexibility index (Phi) is 5.76. The van der Waals surface area contributed by atoms with Crippen LogP contribution in [-0.2, 0) is 13.1 Å². The molecule has 84 valence electrons. The summed E-state index contributed by atoms with van der Waals surface area (Å²) in [6.45, 7) is 1.06. The highest BCUT2D eigenvalue weighted by Gasteiger charge is 1.82. The number of rotatable bonds is 2. The van der Waals surface area contributed by atoms with Crippen molar-refractivity contribution in [3.8, 4) is 0 Å². The van der Waals surface area contributed by atoms with Gasteiger partial charge in [0.25, 0.3) is 0 Å². The molecule has 2 rings (SSSR count). The maximum atomic E-state index is 5.29. The Hall–Kier alpha value is -1.78. The first-order chi connectivity index (χ1) is 7.86. The van der Waals surface area contributed by atoms with Crippen molar-refractivity contribution < 1.29 is 0 Å². The highest BCUT2D eigenvalue weighted by molar-refractivity contribution is 5.02. The van der Waals surface area contributed by atoms with Gasteiger partial charge in [-0.1, -0.05) is 12.1 Å². The van der Waals surface area contributed by atoms with Gasteiger partial charge in [0, 0.05) is 25.5 Å². The Balaban J connectivity index is 0.000000160. The number of nitrogens with two attached hydrogens (primary N) is 2. The summed E-state index contributed by atoms with van der Waals surface area (Å²) in [4.78, 5) is 7.94. The van der Waals surface area contributed by atoms with Crippen molar-refractivity contribution in [1.82, 2.24) is 9.97 Å². The van der Waals surface area contributed by atoms with Gasteiger partial charge in [-0.05, 0) is 24.3 Å². The summed E-state index contributed by atoms with van der Waals surface area (Å²) in [5.74, 6) is 0. The minimum Gasteiger partial charge on any atom is -0.325 e. The SMILES string of the molecule is NCc1ccccn1.NCc1ccccn1. The van der Waals surface area contributed by atoms with Crippen molar-refractivity contribution in [2.45, 2.75) is 13.1 Å². The van der Waals surface area contributed by atoms with E-state index < -0.39 is 0 Å². The summed E-state index contributed by atoms with van der Waals surface area (Å²) < 4.78 is 0. The Morgan fingerprint density at radius 3 is 1.38 bits per heavy atom. The minimum absolute atomic E-state index is 0.529. The number of pyridine rings is 2. The molecule has 2 aromatic rings. The van der Waals surface area contributed by atoms with Crippen molar-refractivity contribution in [3.63, 3.8) is 0 Å². The molecule has 0 spiro atoms. The van der Waals surface area contributed by atoms with Crippen LogP contribution in [0.15, 0.2) is 48.8 Å². The first kappa shape index (κ1) is 12.3. The van der Waals surface area contributed by atoms with E-state index in [0.717, 1.165) is 11.4 Å². The molecule has 4 nitrogen and oxygen atoms in total. The summed E-state index contributed by atoms with van der Waals surface area (Å²) >= 11 is 0. The van der Waals surface area contributed by atoms with Gasteiger partial charge in [0.2, 0.25) is 0 Å². The Labute approximate surface area is 95.3 Å². The van der Waals surface area contributed by atoms with E-state index in [1.165, 1.54) is 0 Å². The van der Waals surface area contributed by atoms with Crippen LogP contribution in [0.4, 0.5) is 0 Å². The molecule has 4 heteroatoms. The van der Waals surface area contributed by atoms with Gasteiger partial charge in [-0.25, -0.2) is 0 Å². The predicted molar refractivity (Wildman–Crippen MR) is 64.3 cm³/mol. The van der Waals surface area contributed by atoms with Gasteiger partial charge in [-0.2, -0.15) is 0 Å². The normalized spacial score (nSPS) is 9.12. The topological polar surface area (TPSA) is 77.8 Å². The molecule has 0 aliphatic rings. The first-order valence-electron chi connectivity index (χ1n) is 5.06. The molecule has 0 saturated heterocycles. The van der Waals surface area contributed by atoms with E-state index in [0.29, 0.717) is 13.1 Å². The average molecular weight is 216 g/mol. The van der Waals surface area contributed by atoms with E-state index in [1.807, 2.05) is 36.4 Å². The second kappa shape index (κ2) is 7.50. The molecule has 4 N–H and O–H groups in total. The third-order valence-electron chi connectivity index (χ3n) is 1.87. The van der Waals surface area contributed by atoms with E-state index in [-0.39, 0.29) is 0 Å². The predicted octanol–water partition coefficient (Wildman–Crippen LogP) is 1.08. The summed E-state index contributed by atoms with van der Waals surface area (Å²) in [5, 5.41) is 0. The molecule has 0 aliphatic heterocycles. The number of aromatic nitrogens is 2. The molecule has 0 unspecified atom stereocenters. The fourth-order valence-electron chi connectivity index (χ4n) is 1.04. The summed E-state index contributed by atoms with van der Waals surface area (Å²) in [7, 11) is 0. The fraction of sp³-hybridized carbons (Fsp3) is 0.167. The molecule has 0 aromatic carbocycles. The lowest BCUT2D eigenvalue weighted by Gasteiger charge is -1.89. The summed E-state index contributed by atoms with van der Waals surface area (Å²) in [6, 6.07) is 11.4. The molecule has 2 aromatic heterocycles. The smallest absolute Gasteiger partial charge is 0.0539 e. The monoisotopic (exact) mass is 216 g/mol. The van der Waals surface area contributed by atoms with Gasteiger partial charge in [0.05, 0.1) is 11.4 Å². The first-order valence-corrected chi connectivity index (χ1v) is 5.06. The van der Waals surface area contributed by atoms with Crippen LogP contribution in [0.2, 0.25) is 0 Å². The lowest BCUT2D eigenvalue weighted by Crippen LogP contribution is -1.97. The standard InChI is InChI=1S/2C6H8N2/c2*7-5-6-3-1-2-4-8-6/h2*1-4H,5,7H2. The van der Waals surface area contributed by atoms with Crippen LogP contribution in [0.1, 0.15) is 11.4 Å².